The molecule has 0 atom stereocenters. The van der Waals surface area contributed by atoms with Gasteiger partial charge < -0.3 is 14.2 Å². The van der Waals surface area contributed by atoms with Gasteiger partial charge in [0.2, 0.25) is 0 Å². The van der Waals surface area contributed by atoms with Crippen LogP contribution in [0.1, 0.15) is 10.1 Å². The average molecular weight is 399 g/mol. The highest BCUT2D eigenvalue weighted by molar-refractivity contribution is 8.16. The molecule has 140 valence electrons. The molecule has 3 rings (SSSR count). The molecule has 0 aromatic heterocycles. The number of hydrogen-bond acceptors (Lipinski definition) is 5. The first-order chi connectivity index (χ1) is 13.2. The van der Waals surface area contributed by atoms with E-state index in [1.807, 2.05) is 24.3 Å². The van der Waals surface area contributed by atoms with Gasteiger partial charge >= 0.3 is 0 Å². The highest BCUT2D eigenvalue weighted by Gasteiger charge is 2.22. The fourth-order valence-electron chi connectivity index (χ4n) is 2.63. The third kappa shape index (κ3) is 4.93. The minimum atomic E-state index is 0.0876. The summed E-state index contributed by atoms with van der Waals surface area (Å²) in [7, 11) is 4.96. The number of rotatable bonds is 8. The minimum absolute atomic E-state index is 0.0876. The van der Waals surface area contributed by atoms with Crippen LogP contribution in [0.2, 0.25) is 0 Å². The molecule has 0 N–H and O–H groups in total. The van der Waals surface area contributed by atoms with Crippen LogP contribution in [0, 0.1) is 0 Å². The van der Waals surface area contributed by atoms with Crippen LogP contribution in [-0.2, 0) is 0 Å². The summed E-state index contributed by atoms with van der Waals surface area (Å²) in [5, 5.41) is 0. The second-order valence-electron chi connectivity index (χ2n) is 5.64. The molecular formula is C22H22O3S2. The number of thioether (sulfide) groups is 2. The van der Waals surface area contributed by atoms with Crippen molar-refractivity contribution in [1.29, 1.82) is 0 Å². The first-order valence-corrected chi connectivity index (χ1v) is 10.2. The van der Waals surface area contributed by atoms with E-state index in [9.17, 15) is 0 Å². The molecule has 0 spiro atoms. The summed E-state index contributed by atoms with van der Waals surface area (Å²) >= 11 is 3.57. The van der Waals surface area contributed by atoms with Gasteiger partial charge in [-0.25, -0.2) is 0 Å². The van der Waals surface area contributed by atoms with Gasteiger partial charge in [-0.3, -0.25) is 0 Å². The molecule has 0 saturated heterocycles. The van der Waals surface area contributed by atoms with Gasteiger partial charge in [-0.1, -0.05) is 36.4 Å². The smallest absolute Gasteiger partial charge is 0.164 e. The molecule has 0 fully saturated rings. The number of ether oxygens (including phenoxy) is 3. The topological polar surface area (TPSA) is 27.7 Å². The zero-order valence-corrected chi connectivity index (χ0v) is 17.2. The third-order valence-electron chi connectivity index (χ3n) is 3.96. The zero-order valence-electron chi connectivity index (χ0n) is 15.5. The van der Waals surface area contributed by atoms with Crippen molar-refractivity contribution >= 4 is 23.5 Å². The maximum atomic E-state index is 5.68. The maximum absolute atomic E-state index is 5.68. The van der Waals surface area contributed by atoms with E-state index in [1.165, 1.54) is 9.79 Å². The van der Waals surface area contributed by atoms with Crippen molar-refractivity contribution in [2.45, 2.75) is 14.4 Å². The summed E-state index contributed by atoms with van der Waals surface area (Å²) in [6.07, 6.45) is 0. The van der Waals surface area contributed by atoms with Gasteiger partial charge in [0.1, 0.15) is 5.75 Å². The van der Waals surface area contributed by atoms with Crippen LogP contribution >= 0.6 is 23.5 Å². The Morgan fingerprint density at radius 3 is 1.48 bits per heavy atom. The van der Waals surface area contributed by atoms with Gasteiger partial charge in [0.05, 0.1) is 25.9 Å². The molecule has 5 heteroatoms. The highest BCUT2D eigenvalue weighted by atomic mass is 32.2. The minimum Gasteiger partial charge on any atom is -0.496 e. The van der Waals surface area contributed by atoms with Crippen molar-refractivity contribution in [2.24, 2.45) is 0 Å². The predicted molar refractivity (Wildman–Crippen MR) is 113 cm³/mol. The Kier molecular flexibility index (Phi) is 6.96. The molecule has 0 heterocycles. The monoisotopic (exact) mass is 398 g/mol. The van der Waals surface area contributed by atoms with Crippen molar-refractivity contribution in [3.63, 3.8) is 0 Å². The van der Waals surface area contributed by atoms with Crippen LogP contribution in [0.25, 0.3) is 0 Å². The Morgan fingerprint density at radius 1 is 0.593 bits per heavy atom. The summed E-state index contributed by atoms with van der Waals surface area (Å²) in [6.45, 7) is 0. The Hall–Kier alpha value is -2.24. The molecular weight excluding hydrogens is 376 g/mol. The summed E-state index contributed by atoms with van der Waals surface area (Å²) in [5.41, 5.74) is 1.05. The number of methoxy groups -OCH3 is 3. The largest absolute Gasteiger partial charge is 0.496 e. The van der Waals surface area contributed by atoms with Gasteiger partial charge in [-0.2, -0.15) is 0 Å². The Balaban J connectivity index is 2.03. The molecule has 0 aliphatic heterocycles. The Labute approximate surface area is 169 Å². The first-order valence-electron chi connectivity index (χ1n) is 8.48. The van der Waals surface area contributed by atoms with Gasteiger partial charge in [0.15, 0.2) is 11.5 Å². The second kappa shape index (κ2) is 9.62. The zero-order chi connectivity index (χ0) is 19.1. The molecule has 3 nitrogen and oxygen atoms in total. The van der Waals surface area contributed by atoms with Crippen molar-refractivity contribution in [1.82, 2.24) is 0 Å². The number of benzene rings is 3. The van der Waals surface area contributed by atoms with Gasteiger partial charge in [0.25, 0.3) is 0 Å². The first kappa shape index (κ1) is 19.5. The summed E-state index contributed by atoms with van der Waals surface area (Å²) in [6, 6.07) is 24.7. The lowest BCUT2D eigenvalue weighted by atomic mass is 10.2. The van der Waals surface area contributed by atoms with E-state index in [1.54, 1.807) is 44.9 Å². The van der Waals surface area contributed by atoms with Crippen molar-refractivity contribution in [3.8, 4) is 17.2 Å². The SMILES string of the molecule is COc1cc(OC)c(C(Sc2ccccc2)Sc2ccccc2)cc1OC. The van der Waals surface area contributed by atoms with Crippen molar-refractivity contribution in [2.75, 3.05) is 21.3 Å². The van der Waals surface area contributed by atoms with Crippen LogP contribution in [-0.4, -0.2) is 21.3 Å². The molecule has 0 aliphatic carbocycles. The van der Waals surface area contributed by atoms with Crippen molar-refractivity contribution in [3.05, 3.63) is 78.4 Å². The quantitative estimate of drug-likeness (QED) is 0.328. The lowest BCUT2D eigenvalue weighted by molar-refractivity contribution is 0.348. The number of hydrogen-bond donors (Lipinski definition) is 0. The standard InChI is InChI=1S/C22H22O3S2/c1-23-19-15-21(25-3)20(24-2)14-18(19)22(26-16-10-6-4-7-11-16)27-17-12-8-5-9-13-17/h4-15,22H,1-3H3. The predicted octanol–water partition coefficient (Wildman–Crippen LogP) is 6.30. The summed E-state index contributed by atoms with van der Waals surface area (Å²) in [5.74, 6) is 2.14. The molecule has 27 heavy (non-hydrogen) atoms. The molecule has 0 saturated carbocycles. The average Bonchev–Trinajstić information content (AvgIpc) is 2.73. The van der Waals surface area contributed by atoms with E-state index >= 15 is 0 Å². The summed E-state index contributed by atoms with van der Waals surface area (Å²) in [4.78, 5) is 2.39. The van der Waals surface area contributed by atoms with E-state index < -0.39 is 0 Å². The second-order valence-corrected chi connectivity index (χ2v) is 8.30. The molecule has 0 radical (unpaired) electrons. The molecule has 0 amide bonds. The molecule has 0 unspecified atom stereocenters. The summed E-state index contributed by atoms with van der Waals surface area (Å²) < 4.78 is 16.7. The molecule has 0 bridgehead atoms. The Morgan fingerprint density at radius 2 is 1.04 bits per heavy atom. The maximum Gasteiger partial charge on any atom is 0.164 e. The van der Waals surface area contributed by atoms with E-state index in [0.29, 0.717) is 11.5 Å². The van der Waals surface area contributed by atoms with Gasteiger partial charge in [-0.05, 0) is 30.3 Å². The fraction of sp³-hybridized carbons (Fsp3) is 0.182. The molecule has 3 aromatic rings. The normalized spacial score (nSPS) is 10.7. The fourth-order valence-corrected chi connectivity index (χ4v) is 5.24. The highest BCUT2D eigenvalue weighted by Crippen LogP contribution is 2.51. The van der Waals surface area contributed by atoms with E-state index in [0.717, 1.165) is 11.3 Å². The van der Waals surface area contributed by atoms with E-state index in [-0.39, 0.29) is 4.58 Å². The molecule has 3 aromatic carbocycles. The lowest BCUT2D eigenvalue weighted by Gasteiger charge is -2.21. The van der Waals surface area contributed by atoms with Crippen LogP contribution < -0.4 is 14.2 Å². The van der Waals surface area contributed by atoms with Gasteiger partial charge in [0, 0.05) is 21.4 Å². The van der Waals surface area contributed by atoms with Gasteiger partial charge in [-0.15, -0.1) is 23.5 Å². The van der Waals surface area contributed by atoms with Crippen LogP contribution in [0.15, 0.2) is 82.6 Å². The Bertz CT molecular complexity index is 813. The van der Waals surface area contributed by atoms with Crippen LogP contribution in [0.3, 0.4) is 0 Å². The lowest BCUT2D eigenvalue weighted by Crippen LogP contribution is -1.99. The van der Waals surface area contributed by atoms with Crippen LogP contribution in [0.5, 0.6) is 17.2 Å². The van der Waals surface area contributed by atoms with E-state index in [2.05, 4.69) is 48.5 Å². The van der Waals surface area contributed by atoms with Crippen molar-refractivity contribution < 1.29 is 14.2 Å². The van der Waals surface area contributed by atoms with E-state index in [4.69, 9.17) is 14.2 Å². The van der Waals surface area contributed by atoms with Crippen LogP contribution in [0.4, 0.5) is 0 Å². The molecule has 0 aliphatic rings. The third-order valence-corrected chi connectivity index (χ3v) is 6.56.